The van der Waals surface area contributed by atoms with Crippen molar-refractivity contribution in [3.05, 3.63) is 0 Å². The van der Waals surface area contributed by atoms with Crippen LogP contribution in [0.1, 0.15) is 6.42 Å². The van der Waals surface area contributed by atoms with Crippen molar-refractivity contribution in [3.63, 3.8) is 0 Å². The number of ether oxygens (including phenoxy) is 1. The topological polar surface area (TPSA) is 87.7 Å². The molecular weight excluding hydrogens is 188 g/mol. The molecular formula is C8H16N2O4. The summed E-state index contributed by atoms with van der Waals surface area (Å²) in [5, 5.41) is 13.7. The molecule has 14 heavy (non-hydrogen) atoms. The lowest BCUT2D eigenvalue weighted by Crippen LogP contribution is -2.44. The zero-order valence-electron chi connectivity index (χ0n) is 8.37. The monoisotopic (exact) mass is 204 g/mol. The van der Waals surface area contributed by atoms with Crippen LogP contribution in [0.25, 0.3) is 0 Å². The average Bonchev–Trinajstić information content (AvgIpc) is 2.12. The SMILES string of the molecule is CNCC(=O)NC(CCOC)C(=O)O. The largest absolute Gasteiger partial charge is 0.480 e. The van der Waals surface area contributed by atoms with E-state index in [1.807, 2.05) is 0 Å². The molecule has 1 atom stereocenters. The number of methoxy groups -OCH3 is 1. The van der Waals surface area contributed by atoms with Gasteiger partial charge in [-0.15, -0.1) is 0 Å². The number of carboxylic acid groups (broad SMARTS) is 1. The zero-order chi connectivity index (χ0) is 11.0. The van der Waals surface area contributed by atoms with Gasteiger partial charge < -0.3 is 20.5 Å². The molecule has 0 fully saturated rings. The normalized spacial score (nSPS) is 12.1. The van der Waals surface area contributed by atoms with E-state index in [4.69, 9.17) is 9.84 Å². The van der Waals surface area contributed by atoms with Gasteiger partial charge in [0.25, 0.3) is 0 Å². The van der Waals surface area contributed by atoms with Gasteiger partial charge in [-0.3, -0.25) is 4.79 Å². The molecule has 0 aliphatic heterocycles. The van der Waals surface area contributed by atoms with Crippen LogP contribution < -0.4 is 10.6 Å². The van der Waals surface area contributed by atoms with Crippen LogP contribution in [0.2, 0.25) is 0 Å². The summed E-state index contributed by atoms with van der Waals surface area (Å²) in [7, 11) is 3.10. The highest BCUT2D eigenvalue weighted by Gasteiger charge is 2.18. The first-order valence-electron chi connectivity index (χ1n) is 4.27. The van der Waals surface area contributed by atoms with Gasteiger partial charge in [-0.2, -0.15) is 0 Å². The third kappa shape index (κ3) is 5.50. The number of likely N-dealkylation sites (N-methyl/N-ethyl adjacent to an activating group) is 1. The van der Waals surface area contributed by atoms with Crippen LogP contribution in [-0.2, 0) is 14.3 Å². The second kappa shape index (κ2) is 7.28. The van der Waals surface area contributed by atoms with Gasteiger partial charge in [0, 0.05) is 20.1 Å². The summed E-state index contributed by atoms with van der Waals surface area (Å²) in [5.74, 6) is -1.39. The molecule has 3 N–H and O–H groups in total. The van der Waals surface area contributed by atoms with Gasteiger partial charge in [0.1, 0.15) is 6.04 Å². The Balaban J connectivity index is 3.95. The number of carboxylic acids is 1. The van der Waals surface area contributed by atoms with Crippen LogP contribution in [0.4, 0.5) is 0 Å². The van der Waals surface area contributed by atoms with Crippen molar-refractivity contribution in [3.8, 4) is 0 Å². The molecule has 0 aromatic carbocycles. The Morgan fingerprint density at radius 1 is 1.50 bits per heavy atom. The van der Waals surface area contributed by atoms with Crippen molar-refractivity contribution in [2.24, 2.45) is 0 Å². The van der Waals surface area contributed by atoms with Crippen LogP contribution in [-0.4, -0.2) is 50.3 Å². The second-order valence-electron chi connectivity index (χ2n) is 2.77. The molecule has 1 unspecified atom stereocenters. The first-order chi connectivity index (χ1) is 6.61. The van der Waals surface area contributed by atoms with Crippen molar-refractivity contribution in [1.29, 1.82) is 0 Å². The van der Waals surface area contributed by atoms with E-state index in [-0.39, 0.29) is 18.9 Å². The number of aliphatic carboxylic acids is 1. The number of nitrogens with one attached hydrogen (secondary N) is 2. The maximum absolute atomic E-state index is 11.0. The number of amides is 1. The third-order valence-electron chi connectivity index (χ3n) is 1.58. The molecule has 82 valence electrons. The van der Waals surface area contributed by atoms with Gasteiger partial charge >= 0.3 is 5.97 Å². The molecule has 0 aromatic heterocycles. The molecule has 0 saturated carbocycles. The Bertz CT molecular complexity index is 196. The molecule has 0 saturated heterocycles. The van der Waals surface area contributed by atoms with Gasteiger partial charge in [0.15, 0.2) is 0 Å². The van der Waals surface area contributed by atoms with Gasteiger partial charge in [0.05, 0.1) is 6.54 Å². The first-order valence-corrected chi connectivity index (χ1v) is 4.27. The quantitative estimate of drug-likeness (QED) is 0.485. The lowest BCUT2D eigenvalue weighted by molar-refractivity contribution is -0.142. The molecule has 0 radical (unpaired) electrons. The maximum Gasteiger partial charge on any atom is 0.326 e. The fourth-order valence-corrected chi connectivity index (χ4v) is 0.899. The molecule has 0 spiro atoms. The lowest BCUT2D eigenvalue weighted by Gasteiger charge is -2.13. The summed E-state index contributed by atoms with van der Waals surface area (Å²) >= 11 is 0. The highest BCUT2D eigenvalue weighted by molar-refractivity contribution is 5.84. The predicted octanol–water partition coefficient (Wildman–Crippen LogP) is -1.19. The lowest BCUT2D eigenvalue weighted by atomic mass is 10.2. The van der Waals surface area contributed by atoms with E-state index in [0.29, 0.717) is 6.61 Å². The molecule has 0 rings (SSSR count). The summed E-state index contributed by atoms with van der Waals surface area (Å²) in [5.41, 5.74) is 0. The molecule has 0 heterocycles. The molecule has 0 aliphatic rings. The molecule has 0 aliphatic carbocycles. The summed E-state index contributed by atoms with van der Waals surface area (Å²) in [6.07, 6.45) is 0.265. The van der Waals surface area contributed by atoms with E-state index in [1.54, 1.807) is 7.05 Å². The van der Waals surface area contributed by atoms with Crippen molar-refractivity contribution < 1.29 is 19.4 Å². The number of hydrogen-bond donors (Lipinski definition) is 3. The highest BCUT2D eigenvalue weighted by atomic mass is 16.5. The molecule has 1 amide bonds. The zero-order valence-corrected chi connectivity index (χ0v) is 8.37. The van der Waals surface area contributed by atoms with Gasteiger partial charge in [-0.05, 0) is 7.05 Å². The highest BCUT2D eigenvalue weighted by Crippen LogP contribution is 1.92. The Hall–Kier alpha value is -1.14. The Morgan fingerprint density at radius 3 is 2.57 bits per heavy atom. The van der Waals surface area contributed by atoms with Gasteiger partial charge in [-0.1, -0.05) is 0 Å². The van der Waals surface area contributed by atoms with E-state index in [9.17, 15) is 9.59 Å². The maximum atomic E-state index is 11.0. The minimum Gasteiger partial charge on any atom is -0.480 e. The second-order valence-corrected chi connectivity index (χ2v) is 2.77. The Labute approximate surface area is 82.6 Å². The number of rotatable bonds is 7. The van der Waals surface area contributed by atoms with Crippen molar-refractivity contribution in [1.82, 2.24) is 10.6 Å². The van der Waals surface area contributed by atoms with Gasteiger partial charge in [-0.25, -0.2) is 4.79 Å². The summed E-state index contributed by atoms with van der Waals surface area (Å²) in [6.45, 7) is 0.410. The van der Waals surface area contributed by atoms with E-state index < -0.39 is 12.0 Å². The number of carbonyl (C=O) groups excluding carboxylic acids is 1. The number of carbonyl (C=O) groups is 2. The predicted molar refractivity (Wildman–Crippen MR) is 50.0 cm³/mol. The summed E-state index contributed by atoms with van der Waals surface area (Å²) in [6, 6.07) is -0.879. The van der Waals surface area contributed by atoms with Crippen LogP contribution in [0.5, 0.6) is 0 Å². The van der Waals surface area contributed by atoms with Gasteiger partial charge in [0.2, 0.25) is 5.91 Å². The molecule has 0 bridgehead atoms. The summed E-state index contributed by atoms with van der Waals surface area (Å²) in [4.78, 5) is 21.7. The average molecular weight is 204 g/mol. The Morgan fingerprint density at radius 2 is 2.14 bits per heavy atom. The fraction of sp³-hybridized carbons (Fsp3) is 0.750. The smallest absolute Gasteiger partial charge is 0.326 e. The molecule has 6 heteroatoms. The minimum atomic E-state index is -1.05. The minimum absolute atomic E-state index is 0.108. The third-order valence-corrected chi connectivity index (χ3v) is 1.58. The van der Waals surface area contributed by atoms with Crippen molar-refractivity contribution in [2.75, 3.05) is 27.3 Å². The first kappa shape index (κ1) is 12.9. The van der Waals surface area contributed by atoms with Crippen LogP contribution in [0.15, 0.2) is 0 Å². The summed E-state index contributed by atoms with van der Waals surface area (Å²) < 4.78 is 4.73. The van der Waals surface area contributed by atoms with Crippen molar-refractivity contribution >= 4 is 11.9 Å². The van der Waals surface area contributed by atoms with Crippen LogP contribution >= 0.6 is 0 Å². The van der Waals surface area contributed by atoms with Crippen molar-refractivity contribution in [2.45, 2.75) is 12.5 Å². The van der Waals surface area contributed by atoms with E-state index in [1.165, 1.54) is 7.11 Å². The molecule has 6 nitrogen and oxygen atoms in total. The molecule has 0 aromatic rings. The standard InChI is InChI=1S/C8H16N2O4/c1-9-5-7(11)10-6(8(12)13)3-4-14-2/h6,9H,3-5H2,1-2H3,(H,10,11)(H,12,13). The van der Waals surface area contributed by atoms with E-state index >= 15 is 0 Å². The van der Waals surface area contributed by atoms with Crippen LogP contribution in [0, 0.1) is 0 Å². The fourth-order valence-electron chi connectivity index (χ4n) is 0.899. The number of hydrogen-bond acceptors (Lipinski definition) is 4. The Kier molecular flexibility index (Phi) is 6.69. The van der Waals surface area contributed by atoms with E-state index in [0.717, 1.165) is 0 Å². The van der Waals surface area contributed by atoms with Crippen LogP contribution in [0.3, 0.4) is 0 Å². The van der Waals surface area contributed by atoms with E-state index in [2.05, 4.69) is 10.6 Å².